The van der Waals surface area contributed by atoms with Gasteiger partial charge < -0.3 is 14.8 Å². The van der Waals surface area contributed by atoms with Crippen molar-refractivity contribution in [2.24, 2.45) is 5.92 Å². The molecule has 0 aliphatic carbocycles. The van der Waals surface area contributed by atoms with Crippen molar-refractivity contribution in [2.45, 2.75) is 38.1 Å². The lowest BCUT2D eigenvalue weighted by Gasteiger charge is -2.40. The summed E-state index contributed by atoms with van der Waals surface area (Å²) in [7, 11) is 1.65. The molecule has 5 nitrogen and oxygen atoms in total. The first-order valence-electron chi connectivity index (χ1n) is 9.46. The number of methoxy groups -OCH3 is 1. The van der Waals surface area contributed by atoms with Crippen molar-refractivity contribution in [3.05, 3.63) is 29.8 Å². The lowest BCUT2D eigenvalue weighted by atomic mass is 9.94. The molecule has 2 aliphatic rings. The van der Waals surface area contributed by atoms with E-state index in [1.807, 2.05) is 24.3 Å². The van der Waals surface area contributed by atoms with E-state index in [1.54, 1.807) is 7.11 Å². The molecule has 1 aromatic carbocycles. The topological polar surface area (TPSA) is 50.8 Å². The molecule has 1 N–H and O–H groups in total. The zero-order valence-corrected chi connectivity index (χ0v) is 15.2. The molecule has 3 rings (SSSR count). The van der Waals surface area contributed by atoms with E-state index in [9.17, 15) is 4.79 Å². The molecule has 0 bridgehead atoms. The van der Waals surface area contributed by atoms with Crippen LogP contribution in [0.1, 0.15) is 31.2 Å². The molecule has 1 amide bonds. The van der Waals surface area contributed by atoms with E-state index in [1.165, 1.54) is 19.4 Å². The minimum atomic E-state index is 0.105. The van der Waals surface area contributed by atoms with Crippen LogP contribution in [0.3, 0.4) is 0 Å². The fourth-order valence-electron chi connectivity index (χ4n) is 3.90. The number of nitrogens with zero attached hydrogens (tertiary/aromatic N) is 1. The van der Waals surface area contributed by atoms with Gasteiger partial charge in [0.05, 0.1) is 13.5 Å². The average Bonchev–Trinajstić information content (AvgIpc) is 2.68. The van der Waals surface area contributed by atoms with Gasteiger partial charge in [-0.25, -0.2) is 0 Å². The van der Waals surface area contributed by atoms with Crippen LogP contribution in [-0.4, -0.2) is 56.8 Å². The number of benzene rings is 1. The summed E-state index contributed by atoms with van der Waals surface area (Å²) in [6.07, 6.45) is 5.17. The third-order valence-corrected chi connectivity index (χ3v) is 5.37. The molecular formula is C20H30N2O3. The fourth-order valence-corrected chi connectivity index (χ4v) is 3.90. The molecular weight excluding hydrogens is 316 g/mol. The van der Waals surface area contributed by atoms with Crippen molar-refractivity contribution in [1.82, 2.24) is 10.2 Å². The predicted molar refractivity (Wildman–Crippen MR) is 97.8 cm³/mol. The third-order valence-electron chi connectivity index (χ3n) is 5.37. The van der Waals surface area contributed by atoms with E-state index in [2.05, 4.69) is 10.2 Å². The maximum Gasteiger partial charge on any atom is 0.224 e. The Kier molecular flexibility index (Phi) is 6.70. The molecule has 1 atom stereocenters. The molecule has 2 aliphatic heterocycles. The summed E-state index contributed by atoms with van der Waals surface area (Å²) in [5.41, 5.74) is 1.02. The summed E-state index contributed by atoms with van der Waals surface area (Å²) in [6.45, 7) is 4.87. The van der Waals surface area contributed by atoms with Crippen molar-refractivity contribution >= 4 is 5.91 Å². The highest BCUT2D eigenvalue weighted by Crippen LogP contribution is 2.22. The number of carbonyl (C=O) groups excluding carboxylic acids is 1. The van der Waals surface area contributed by atoms with E-state index >= 15 is 0 Å². The molecule has 25 heavy (non-hydrogen) atoms. The van der Waals surface area contributed by atoms with Gasteiger partial charge in [0, 0.05) is 32.3 Å². The summed E-state index contributed by atoms with van der Waals surface area (Å²) in [5, 5.41) is 3.13. The highest BCUT2D eigenvalue weighted by atomic mass is 16.5. The molecule has 2 saturated heterocycles. The normalized spacial score (nSPS) is 22.5. The number of rotatable bonds is 6. The van der Waals surface area contributed by atoms with Gasteiger partial charge in [-0.15, -0.1) is 0 Å². The fraction of sp³-hybridized carbons (Fsp3) is 0.650. The zero-order chi connectivity index (χ0) is 17.5. The Bertz CT molecular complexity index is 540. The molecule has 2 heterocycles. The monoisotopic (exact) mass is 346 g/mol. The van der Waals surface area contributed by atoms with Gasteiger partial charge >= 0.3 is 0 Å². The van der Waals surface area contributed by atoms with E-state index in [0.717, 1.165) is 50.5 Å². The van der Waals surface area contributed by atoms with E-state index in [4.69, 9.17) is 9.47 Å². The summed E-state index contributed by atoms with van der Waals surface area (Å²) in [6, 6.07) is 8.37. The summed E-state index contributed by atoms with van der Waals surface area (Å²) < 4.78 is 10.6. The maximum absolute atomic E-state index is 12.2. The van der Waals surface area contributed by atoms with Crippen molar-refractivity contribution in [1.29, 1.82) is 0 Å². The standard InChI is InChI=1S/C20H30N2O3/c1-24-19-6-4-16(5-7-19)13-20(23)21-14-17-3-2-10-22(15-17)18-8-11-25-12-9-18/h4-7,17-18H,2-3,8-15H2,1H3,(H,21,23). The predicted octanol–water partition coefficient (Wildman–Crippen LogP) is 2.24. The van der Waals surface area contributed by atoms with E-state index < -0.39 is 0 Å². The van der Waals surface area contributed by atoms with Crippen LogP contribution in [0.4, 0.5) is 0 Å². The molecule has 1 aromatic rings. The second kappa shape index (κ2) is 9.20. The smallest absolute Gasteiger partial charge is 0.224 e. The molecule has 0 saturated carbocycles. The molecule has 0 aromatic heterocycles. The number of carbonyl (C=O) groups is 1. The SMILES string of the molecule is COc1ccc(CC(=O)NCC2CCCN(C3CCOCC3)C2)cc1. The van der Waals surface area contributed by atoms with Gasteiger partial charge in [0.25, 0.3) is 0 Å². The Labute approximate surface area is 150 Å². The number of likely N-dealkylation sites (tertiary alicyclic amines) is 1. The van der Waals surface area contributed by atoms with Gasteiger partial charge in [0.2, 0.25) is 5.91 Å². The Morgan fingerprint density at radius 2 is 2.00 bits per heavy atom. The second-order valence-electron chi connectivity index (χ2n) is 7.18. The van der Waals surface area contributed by atoms with E-state index in [-0.39, 0.29) is 5.91 Å². The average molecular weight is 346 g/mol. The van der Waals surface area contributed by atoms with Crippen LogP contribution < -0.4 is 10.1 Å². The molecule has 0 spiro atoms. The first-order chi connectivity index (χ1) is 12.2. The minimum Gasteiger partial charge on any atom is -0.497 e. The molecule has 1 unspecified atom stereocenters. The van der Waals surface area contributed by atoms with Crippen molar-refractivity contribution in [2.75, 3.05) is 40.0 Å². The number of amides is 1. The van der Waals surface area contributed by atoms with Crippen LogP contribution in [0.15, 0.2) is 24.3 Å². The van der Waals surface area contributed by atoms with Gasteiger partial charge in [-0.2, -0.15) is 0 Å². The minimum absolute atomic E-state index is 0.105. The zero-order valence-electron chi connectivity index (χ0n) is 15.2. The molecule has 5 heteroatoms. The van der Waals surface area contributed by atoms with Crippen LogP contribution >= 0.6 is 0 Å². The quantitative estimate of drug-likeness (QED) is 0.858. The summed E-state index contributed by atoms with van der Waals surface area (Å²) in [5.74, 6) is 1.49. The van der Waals surface area contributed by atoms with Crippen molar-refractivity contribution in [3.8, 4) is 5.75 Å². The Morgan fingerprint density at radius 3 is 2.72 bits per heavy atom. The van der Waals surface area contributed by atoms with Crippen LogP contribution in [-0.2, 0) is 16.0 Å². The van der Waals surface area contributed by atoms with Gasteiger partial charge in [0.1, 0.15) is 5.75 Å². The second-order valence-corrected chi connectivity index (χ2v) is 7.18. The van der Waals surface area contributed by atoms with Gasteiger partial charge in [-0.05, 0) is 55.8 Å². The number of ether oxygens (including phenoxy) is 2. The van der Waals surface area contributed by atoms with Crippen LogP contribution in [0, 0.1) is 5.92 Å². The number of hydrogen-bond donors (Lipinski definition) is 1. The maximum atomic E-state index is 12.2. The number of hydrogen-bond acceptors (Lipinski definition) is 4. The van der Waals surface area contributed by atoms with Gasteiger partial charge in [-0.1, -0.05) is 12.1 Å². The summed E-state index contributed by atoms with van der Waals surface area (Å²) in [4.78, 5) is 14.8. The van der Waals surface area contributed by atoms with Crippen LogP contribution in [0.25, 0.3) is 0 Å². The lowest BCUT2D eigenvalue weighted by Crippen LogP contribution is -2.47. The first kappa shape index (κ1) is 18.2. The Morgan fingerprint density at radius 1 is 1.24 bits per heavy atom. The molecule has 2 fully saturated rings. The largest absolute Gasteiger partial charge is 0.497 e. The van der Waals surface area contributed by atoms with Crippen molar-refractivity contribution < 1.29 is 14.3 Å². The van der Waals surface area contributed by atoms with Crippen molar-refractivity contribution in [3.63, 3.8) is 0 Å². The highest BCUT2D eigenvalue weighted by molar-refractivity contribution is 5.78. The number of piperidine rings is 1. The van der Waals surface area contributed by atoms with Gasteiger partial charge in [0.15, 0.2) is 0 Å². The number of nitrogens with one attached hydrogen (secondary N) is 1. The Balaban J connectivity index is 1.41. The molecule has 138 valence electrons. The third kappa shape index (κ3) is 5.44. The first-order valence-corrected chi connectivity index (χ1v) is 9.46. The Hall–Kier alpha value is -1.59. The van der Waals surface area contributed by atoms with E-state index in [0.29, 0.717) is 18.4 Å². The highest BCUT2D eigenvalue weighted by Gasteiger charge is 2.27. The van der Waals surface area contributed by atoms with Gasteiger partial charge in [-0.3, -0.25) is 9.69 Å². The van der Waals surface area contributed by atoms with Crippen LogP contribution in [0.2, 0.25) is 0 Å². The summed E-state index contributed by atoms with van der Waals surface area (Å²) >= 11 is 0. The molecule has 0 radical (unpaired) electrons. The lowest BCUT2D eigenvalue weighted by molar-refractivity contribution is -0.120. The van der Waals surface area contributed by atoms with Crippen LogP contribution in [0.5, 0.6) is 5.75 Å².